The molecule has 5 rings (SSSR count). The van der Waals surface area contributed by atoms with E-state index in [0.717, 1.165) is 52.0 Å². The van der Waals surface area contributed by atoms with E-state index in [1.54, 1.807) is 17.5 Å². The molecule has 4 heterocycles. The molecular weight excluding hydrogens is 406 g/mol. The van der Waals surface area contributed by atoms with Gasteiger partial charge in [0.2, 0.25) is 0 Å². The molecule has 0 unspecified atom stereocenters. The van der Waals surface area contributed by atoms with E-state index in [1.807, 2.05) is 36.1 Å². The number of amides is 1. The lowest BCUT2D eigenvalue weighted by atomic mass is 9.99. The quantitative estimate of drug-likeness (QED) is 0.649. The third kappa shape index (κ3) is 4.09. The fourth-order valence-corrected chi connectivity index (χ4v) is 4.56. The number of hydrogen-bond donors (Lipinski definition) is 2. The summed E-state index contributed by atoms with van der Waals surface area (Å²) < 4.78 is 0. The Balaban J connectivity index is 1.40. The number of nitrogens with zero attached hydrogens (tertiary/aromatic N) is 3. The van der Waals surface area contributed by atoms with Crippen LogP contribution in [0.2, 0.25) is 0 Å². The van der Waals surface area contributed by atoms with Gasteiger partial charge in [0, 0.05) is 49.2 Å². The van der Waals surface area contributed by atoms with Crippen LogP contribution in [-0.4, -0.2) is 40.9 Å². The van der Waals surface area contributed by atoms with Gasteiger partial charge in [-0.3, -0.25) is 9.78 Å². The number of likely N-dealkylation sites (N-methyl/N-ethyl adjacent to an activating group) is 1. The molecule has 0 atom stereocenters. The average Bonchev–Trinajstić information content (AvgIpc) is 3.34. The highest BCUT2D eigenvalue weighted by Gasteiger charge is 2.20. The van der Waals surface area contributed by atoms with Gasteiger partial charge in [-0.1, -0.05) is 12.1 Å². The van der Waals surface area contributed by atoms with E-state index in [-0.39, 0.29) is 5.91 Å². The van der Waals surface area contributed by atoms with E-state index < -0.39 is 0 Å². The van der Waals surface area contributed by atoms with E-state index in [4.69, 9.17) is 0 Å². The first kappa shape index (κ1) is 19.5. The van der Waals surface area contributed by atoms with Gasteiger partial charge in [0.05, 0.1) is 10.4 Å². The Morgan fingerprint density at radius 3 is 2.94 bits per heavy atom. The van der Waals surface area contributed by atoms with Crippen LogP contribution in [-0.2, 0) is 4.79 Å². The number of anilines is 1. The Morgan fingerprint density at radius 2 is 2.13 bits per heavy atom. The van der Waals surface area contributed by atoms with Gasteiger partial charge in [-0.2, -0.15) is 0 Å². The zero-order chi connectivity index (χ0) is 21.2. The van der Waals surface area contributed by atoms with Crippen molar-refractivity contribution in [1.29, 1.82) is 0 Å². The normalized spacial score (nSPS) is 18.6. The van der Waals surface area contributed by atoms with E-state index in [1.165, 1.54) is 5.57 Å². The molecule has 0 radical (unpaired) electrons. The predicted octanol–water partition coefficient (Wildman–Crippen LogP) is 4.32. The fraction of sp³-hybridized carbons (Fsp3) is 0.208. The van der Waals surface area contributed by atoms with Crippen molar-refractivity contribution in [1.82, 2.24) is 20.2 Å². The lowest BCUT2D eigenvalue weighted by Crippen LogP contribution is -2.29. The molecule has 2 aliphatic heterocycles. The van der Waals surface area contributed by atoms with Crippen LogP contribution < -0.4 is 10.6 Å². The predicted molar refractivity (Wildman–Crippen MR) is 126 cm³/mol. The van der Waals surface area contributed by atoms with E-state index >= 15 is 0 Å². The smallest absolute Gasteiger partial charge is 0.252 e. The number of thiazole rings is 1. The largest absolute Gasteiger partial charge is 0.391 e. The van der Waals surface area contributed by atoms with Crippen molar-refractivity contribution in [3.8, 4) is 10.4 Å². The van der Waals surface area contributed by atoms with E-state index in [2.05, 4.69) is 50.8 Å². The molecule has 2 aliphatic rings. The molecule has 0 spiro atoms. The number of carbonyl (C=O) groups is 1. The number of aromatic nitrogens is 2. The van der Waals surface area contributed by atoms with Gasteiger partial charge in [0.1, 0.15) is 5.82 Å². The summed E-state index contributed by atoms with van der Waals surface area (Å²) in [6.45, 7) is 1.74. The number of hydrogen-bond acceptors (Lipinski definition) is 6. The minimum absolute atomic E-state index is 0.0884. The summed E-state index contributed by atoms with van der Waals surface area (Å²) in [6.07, 6.45) is 11.4. The number of fused-ring (bicyclic) bond motifs is 1. The van der Waals surface area contributed by atoms with Gasteiger partial charge in [0.15, 0.2) is 0 Å². The van der Waals surface area contributed by atoms with Gasteiger partial charge >= 0.3 is 0 Å². The second-order valence-electron chi connectivity index (χ2n) is 7.74. The topological polar surface area (TPSA) is 70.2 Å². The first-order valence-electron chi connectivity index (χ1n) is 10.3. The van der Waals surface area contributed by atoms with Crippen molar-refractivity contribution >= 4 is 33.8 Å². The molecule has 1 aromatic carbocycles. The lowest BCUT2D eigenvalue weighted by molar-refractivity contribution is -0.113. The summed E-state index contributed by atoms with van der Waals surface area (Å²) in [5.41, 5.74) is 6.10. The van der Waals surface area contributed by atoms with Crippen LogP contribution in [0.3, 0.4) is 0 Å². The molecule has 0 saturated carbocycles. The zero-order valence-corrected chi connectivity index (χ0v) is 18.1. The van der Waals surface area contributed by atoms with Crippen LogP contribution in [0, 0.1) is 0 Å². The number of rotatable bonds is 3. The Bertz CT molecular complexity index is 1230. The van der Waals surface area contributed by atoms with E-state index in [9.17, 15) is 4.79 Å². The Labute approximate surface area is 185 Å². The number of carbonyl (C=O) groups excluding carboxylic acids is 1. The van der Waals surface area contributed by atoms with Crippen LogP contribution in [0.25, 0.3) is 21.2 Å². The third-order valence-corrected chi connectivity index (χ3v) is 6.50. The molecule has 7 heteroatoms. The highest BCUT2D eigenvalue weighted by molar-refractivity contribution is 7.13. The Morgan fingerprint density at radius 1 is 1.19 bits per heavy atom. The summed E-state index contributed by atoms with van der Waals surface area (Å²) in [4.78, 5) is 24.9. The third-order valence-electron chi connectivity index (χ3n) is 5.68. The molecule has 156 valence electrons. The van der Waals surface area contributed by atoms with Gasteiger partial charge in [-0.15, -0.1) is 11.3 Å². The number of nitrogens with one attached hydrogen (secondary N) is 2. The SMILES string of the molecule is CN1CCC(C(=O)Nc2cc3cc(-c4cncs4)ccc3cn2)=CC1=C1C=CNCC1. The molecule has 2 N–H and O–H groups in total. The summed E-state index contributed by atoms with van der Waals surface area (Å²) >= 11 is 1.61. The van der Waals surface area contributed by atoms with E-state index in [0.29, 0.717) is 12.2 Å². The summed E-state index contributed by atoms with van der Waals surface area (Å²) in [5.74, 6) is 0.476. The highest BCUT2D eigenvalue weighted by Crippen LogP contribution is 2.28. The van der Waals surface area contributed by atoms with Crippen molar-refractivity contribution in [2.24, 2.45) is 0 Å². The fourth-order valence-electron chi connectivity index (χ4n) is 3.94. The second-order valence-corrected chi connectivity index (χ2v) is 8.63. The molecule has 31 heavy (non-hydrogen) atoms. The second kappa shape index (κ2) is 8.35. The van der Waals surface area contributed by atoms with Crippen LogP contribution >= 0.6 is 11.3 Å². The van der Waals surface area contributed by atoms with Gasteiger partial charge < -0.3 is 15.5 Å². The summed E-state index contributed by atoms with van der Waals surface area (Å²) in [5, 5.41) is 8.29. The molecule has 6 nitrogen and oxygen atoms in total. The Hall–Kier alpha value is -3.45. The molecule has 0 bridgehead atoms. The molecule has 3 aromatic rings. The molecule has 0 aliphatic carbocycles. The Kier molecular flexibility index (Phi) is 5.26. The maximum atomic E-state index is 13.0. The number of pyridine rings is 1. The molecule has 2 aromatic heterocycles. The maximum Gasteiger partial charge on any atom is 0.252 e. The van der Waals surface area contributed by atoms with Crippen molar-refractivity contribution in [3.63, 3.8) is 0 Å². The minimum Gasteiger partial charge on any atom is -0.391 e. The van der Waals surface area contributed by atoms with Crippen molar-refractivity contribution in [2.45, 2.75) is 12.8 Å². The highest BCUT2D eigenvalue weighted by atomic mass is 32.1. The van der Waals surface area contributed by atoms with Crippen LogP contribution in [0.4, 0.5) is 5.82 Å². The van der Waals surface area contributed by atoms with Crippen LogP contribution in [0.5, 0.6) is 0 Å². The van der Waals surface area contributed by atoms with Crippen LogP contribution in [0.15, 0.2) is 77.4 Å². The molecule has 0 saturated heterocycles. The van der Waals surface area contributed by atoms with Crippen molar-refractivity contribution < 1.29 is 4.79 Å². The van der Waals surface area contributed by atoms with Crippen molar-refractivity contribution in [2.75, 3.05) is 25.5 Å². The number of benzene rings is 1. The lowest BCUT2D eigenvalue weighted by Gasteiger charge is -2.29. The average molecular weight is 430 g/mol. The summed E-state index contributed by atoms with van der Waals surface area (Å²) in [6, 6.07) is 8.17. The standard InChI is InChI=1S/C24H23N5OS/c1-29-9-6-18(11-21(29)16-4-7-25-8-5-16)24(30)28-23-12-20-10-17(22-14-26-15-31-22)2-3-19(20)13-27-23/h2-4,7,10-15,25H,5-6,8-9H2,1H3,(H,27,28,30). The van der Waals surface area contributed by atoms with Gasteiger partial charge in [0.25, 0.3) is 5.91 Å². The molecule has 1 amide bonds. The first-order chi connectivity index (χ1) is 15.2. The zero-order valence-electron chi connectivity index (χ0n) is 17.3. The maximum absolute atomic E-state index is 13.0. The van der Waals surface area contributed by atoms with Gasteiger partial charge in [-0.05, 0) is 59.8 Å². The minimum atomic E-state index is -0.0884. The molecular formula is C24H23N5OS. The first-order valence-corrected chi connectivity index (χ1v) is 11.2. The monoisotopic (exact) mass is 429 g/mol. The van der Waals surface area contributed by atoms with Gasteiger partial charge in [-0.25, -0.2) is 4.98 Å². The van der Waals surface area contributed by atoms with Crippen molar-refractivity contribution in [3.05, 3.63) is 77.4 Å². The van der Waals surface area contributed by atoms with Crippen LogP contribution in [0.1, 0.15) is 12.8 Å². The number of allylic oxidation sites excluding steroid dienone is 2. The summed E-state index contributed by atoms with van der Waals surface area (Å²) in [7, 11) is 2.08. The molecule has 0 fully saturated rings.